The summed E-state index contributed by atoms with van der Waals surface area (Å²) in [6.07, 6.45) is 1.74. The van der Waals surface area contributed by atoms with Gasteiger partial charge in [-0.1, -0.05) is 47.6 Å². The molecule has 196 valence electrons. The summed E-state index contributed by atoms with van der Waals surface area (Å²) in [5.74, 6) is 0.898. The highest BCUT2D eigenvalue weighted by Crippen LogP contribution is 2.38. The van der Waals surface area contributed by atoms with Gasteiger partial charge in [0.05, 0.1) is 18.8 Å². The van der Waals surface area contributed by atoms with Gasteiger partial charge >= 0.3 is 0 Å². The van der Waals surface area contributed by atoms with Crippen molar-refractivity contribution in [3.05, 3.63) is 109 Å². The predicted octanol–water partition coefficient (Wildman–Crippen LogP) is 6.74. The molecule has 5 aromatic rings. The maximum atomic E-state index is 13.7. The van der Waals surface area contributed by atoms with Crippen molar-refractivity contribution in [1.82, 2.24) is 10.1 Å². The zero-order chi connectivity index (χ0) is 26.4. The van der Waals surface area contributed by atoms with Crippen molar-refractivity contribution in [1.29, 1.82) is 0 Å². The molecule has 3 aromatic carbocycles. The van der Waals surface area contributed by atoms with E-state index in [9.17, 15) is 4.39 Å². The fraction of sp³-hybridized carbons (Fsp3) is 0.161. The Morgan fingerprint density at radius 1 is 0.846 bits per heavy atom. The number of rotatable bonds is 8. The Morgan fingerprint density at radius 2 is 1.62 bits per heavy atom. The van der Waals surface area contributed by atoms with Crippen molar-refractivity contribution in [2.45, 2.75) is 6.54 Å². The summed E-state index contributed by atoms with van der Waals surface area (Å²) < 4.78 is 25.0. The molecule has 39 heavy (non-hydrogen) atoms. The Bertz CT molecular complexity index is 1520. The summed E-state index contributed by atoms with van der Waals surface area (Å²) in [6, 6.07) is 28.5. The topological polar surface area (TPSA) is 75.5 Å². The lowest BCUT2D eigenvalue weighted by molar-refractivity contribution is 0.122. The first-order valence-electron chi connectivity index (χ1n) is 12.9. The second-order valence-electron chi connectivity index (χ2n) is 9.28. The molecule has 1 aliphatic rings. The summed E-state index contributed by atoms with van der Waals surface area (Å²) in [5, 5.41) is 11.1. The third kappa shape index (κ3) is 5.76. The number of pyridine rings is 1. The number of anilines is 4. The Morgan fingerprint density at radius 3 is 2.38 bits per heavy atom. The zero-order valence-corrected chi connectivity index (χ0v) is 21.3. The monoisotopic (exact) mass is 521 g/mol. The van der Waals surface area contributed by atoms with Gasteiger partial charge in [-0.2, -0.15) is 0 Å². The molecular formula is C31H28FN5O2. The molecule has 0 bridgehead atoms. The van der Waals surface area contributed by atoms with Crippen molar-refractivity contribution in [3.8, 4) is 22.4 Å². The quantitative estimate of drug-likeness (QED) is 0.234. The number of hydrogen-bond acceptors (Lipinski definition) is 7. The highest BCUT2D eigenvalue weighted by Gasteiger charge is 2.20. The number of ether oxygens (including phenoxy) is 1. The van der Waals surface area contributed by atoms with E-state index in [1.54, 1.807) is 18.3 Å². The average Bonchev–Trinajstić information content (AvgIpc) is 3.42. The molecule has 0 atom stereocenters. The first-order chi connectivity index (χ1) is 19.2. The van der Waals surface area contributed by atoms with Gasteiger partial charge in [0.15, 0.2) is 0 Å². The van der Waals surface area contributed by atoms with E-state index >= 15 is 0 Å². The number of morpholine rings is 1. The van der Waals surface area contributed by atoms with Crippen LogP contribution in [0.15, 0.2) is 102 Å². The molecule has 6 rings (SSSR count). The lowest BCUT2D eigenvalue weighted by Gasteiger charge is -2.28. The van der Waals surface area contributed by atoms with Gasteiger partial charge in [-0.3, -0.25) is 0 Å². The molecular weight excluding hydrogens is 493 g/mol. The third-order valence-electron chi connectivity index (χ3n) is 6.67. The van der Waals surface area contributed by atoms with Gasteiger partial charge in [-0.15, -0.1) is 0 Å². The molecule has 0 radical (unpaired) electrons. The van der Waals surface area contributed by atoms with Crippen LogP contribution in [0.5, 0.6) is 0 Å². The number of nitrogens with zero attached hydrogens (tertiary/aromatic N) is 3. The van der Waals surface area contributed by atoms with Crippen molar-refractivity contribution >= 4 is 23.1 Å². The van der Waals surface area contributed by atoms with Crippen LogP contribution in [0.3, 0.4) is 0 Å². The number of halogens is 1. The molecule has 1 saturated heterocycles. The van der Waals surface area contributed by atoms with E-state index in [1.165, 1.54) is 17.8 Å². The fourth-order valence-electron chi connectivity index (χ4n) is 4.64. The first-order valence-corrected chi connectivity index (χ1v) is 12.9. The molecule has 8 heteroatoms. The Balaban J connectivity index is 1.26. The van der Waals surface area contributed by atoms with Crippen molar-refractivity contribution < 1.29 is 13.7 Å². The first kappa shape index (κ1) is 24.6. The Labute approximate surface area is 226 Å². The summed E-state index contributed by atoms with van der Waals surface area (Å²) >= 11 is 0. The van der Waals surface area contributed by atoms with E-state index in [2.05, 4.69) is 37.8 Å². The molecule has 1 aliphatic heterocycles. The summed E-state index contributed by atoms with van der Waals surface area (Å²) in [4.78, 5) is 6.82. The lowest BCUT2D eigenvalue weighted by Crippen LogP contribution is -2.36. The molecule has 7 nitrogen and oxygen atoms in total. The van der Waals surface area contributed by atoms with Gasteiger partial charge in [-0.25, -0.2) is 9.37 Å². The second-order valence-corrected chi connectivity index (χ2v) is 9.28. The van der Waals surface area contributed by atoms with Gasteiger partial charge in [0.1, 0.15) is 17.3 Å². The molecule has 0 amide bonds. The van der Waals surface area contributed by atoms with Crippen LogP contribution in [0.1, 0.15) is 5.56 Å². The van der Waals surface area contributed by atoms with Crippen molar-refractivity contribution in [2.24, 2.45) is 0 Å². The van der Waals surface area contributed by atoms with E-state index in [4.69, 9.17) is 9.26 Å². The minimum atomic E-state index is -0.300. The number of aromatic nitrogens is 2. The van der Waals surface area contributed by atoms with Gasteiger partial charge in [-0.05, 0) is 59.7 Å². The highest BCUT2D eigenvalue weighted by molar-refractivity contribution is 5.88. The number of benzene rings is 3. The van der Waals surface area contributed by atoms with E-state index in [0.29, 0.717) is 23.9 Å². The smallest absolute Gasteiger partial charge is 0.233 e. The highest BCUT2D eigenvalue weighted by atomic mass is 19.1. The van der Waals surface area contributed by atoms with Crippen LogP contribution in [0.25, 0.3) is 22.4 Å². The fourth-order valence-corrected chi connectivity index (χ4v) is 4.64. The van der Waals surface area contributed by atoms with Gasteiger partial charge in [0, 0.05) is 42.8 Å². The molecule has 2 N–H and O–H groups in total. The molecule has 0 unspecified atom stereocenters. The Hall–Kier alpha value is -4.69. The number of nitrogens with one attached hydrogen (secondary N) is 2. The Kier molecular flexibility index (Phi) is 7.18. The van der Waals surface area contributed by atoms with Crippen LogP contribution in [0.2, 0.25) is 0 Å². The van der Waals surface area contributed by atoms with E-state index < -0.39 is 0 Å². The summed E-state index contributed by atoms with van der Waals surface area (Å²) in [7, 11) is 0. The maximum Gasteiger partial charge on any atom is 0.233 e. The average molecular weight is 522 g/mol. The predicted molar refractivity (Wildman–Crippen MR) is 152 cm³/mol. The van der Waals surface area contributed by atoms with Gasteiger partial charge in [0.2, 0.25) is 5.88 Å². The molecule has 0 saturated carbocycles. The lowest BCUT2D eigenvalue weighted by atomic mass is 10.0. The van der Waals surface area contributed by atoms with Crippen LogP contribution in [0, 0.1) is 5.82 Å². The van der Waals surface area contributed by atoms with Crippen LogP contribution < -0.4 is 15.5 Å². The SMILES string of the molecule is Fc1ccc(-c2c(-c3ccnc(Nc4ccc(N5CCOCC5)cc4)c3)noc2NCc2ccccc2)cc1. The minimum Gasteiger partial charge on any atom is -0.378 e. The van der Waals surface area contributed by atoms with Gasteiger partial charge < -0.3 is 24.8 Å². The minimum absolute atomic E-state index is 0.300. The van der Waals surface area contributed by atoms with Crippen LogP contribution >= 0.6 is 0 Å². The van der Waals surface area contributed by atoms with Crippen LogP contribution in [0.4, 0.5) is 27.5 Å². The third-order valence-corrected chi connectivity index (χ3v) is 6.67. The second kappa shape index (κ2) is 11.4. The normalized spacial score (nSPS) is 13.3. The number of hydrogen-bond donors (Lipinski definition) is 2. The van der Waals surface area contributed by atoms with E-state index in [0.717, 1.165) is 54.2 Å². The molecule has 1 fully saturated rings. The molecule has 0 spiro atoms. The van der Waals surface area contributed by atoms with Gasteiger partial charge in [0.25, 0.3) is 0 Å². The van der Waals surface area contributed by atoms with E-state index in [1.807, 2.05) is 54.6 Å². The van der Waals surface area contributed by atoms with E-state index in [-0.39, 0.29) is 5.82 Å². The zero-order valence-electron chi connectivity index (χ0n) is 21.3. The molecule has 2 aromatic heterocycles. The van der Waals surface area contributed by atoms with Crippen LogP contribution in [-0.4, -0.2) is 36.4 Å². The van der Waals surface area contributed by atoms with Crippen molar-refractivity contribution in [3.63, 3.8) is 0 Å². The van der Waals surface area contributed by atoms with Crippen LogP contribution in [-0.2, 0) is 11.3 Å². The van der Waals surface area contributed by atoms with Crippen molar-refractivity contribution in [2.75, 3.05) is 41.8 Å². The molecule has 3 heterocycles. The largest absolute Gasteiger partial charge is 0.378 e. The summed E-state index contributed by atoms with van der Waals surface area (Å²) in [5.41, 5.74) is 6.24. The standard InChI is InChI=1S/C31H28FN5O2/c32-25-8-6-23(7-9-25)29-30(36-39-31(29)34-21-22-4-2-1-3-5-22)24-14-15-33-28(20-24)35-26-10-12-27(13-11-26)37-16-18-38-19-17-37/h1-15,20,34H,16-19,21H2,(H,33,35). The molecule has 0 aliphatic carbocycles. The summed E-state index contributed by atoms with van der Waals surface area (Å²) in [6.45, 7) is 3.86. The maximum absolute atomic E-state index is 13.7.